The number of hydrogen-bond donors (Lipinski definition) is 1. The fourth-order valence-corrected chi connectivity index (χ4v) is 9.31. The number of aliphatic hydroxyl groups excluding tert-OH is 1. The van der Waals surface area contributed by atoms with Gasteiger partial charge in [0.25, 0.3) is 0 Å². The Kier molecular flexibility index (Phi) is 6.05. The molecular weight excluding hydrogens is 364 g/mol. The summed E-state index contributed by atoms with van der Waals surface area (Å²) in [6.45, 7) is 17.3. The van der Waals surface area contributed by atoms with Gasteiger partial charge in [0.15, 0.2) is 0 Å². The summed E-state index contributed by atoms with van der Waals surface area (Å²) in [5.74, 6) is 4.17. The molecular formula is C29H50O. The van der Waals surface area contributed by atoms with E-state index in [0.717, 1.165) is 30.1 Å². The fourth-order valence-electron chi connectivity index (χ4n) is 9.31. The van der Waals surface area contributed by atoms with Crippen LogP contribution >= 0.6 is 0 Å². The zero-order valence-corrected chi connectivity index (χ0v) is 21.2. The number of fused-ring (bicyclic) bond motifs is 4. The van der Waals surface area contributed by atoms with Crippen LogP contribution in [0.2, 0.25) is 0 Å². The molecule has 0 heterocycles. The second-order valence-electron chi connectivity index (χ2n) is 13.4. The van der Waals surface area contributed by atoms with Crippen molar-refractivity contribution in [3.8, 4) is 0 Å². The molecule has 0 aliphatic heterocycles. The molecule has 0 amide bonds. The van der Waals surface area contributed by atoms with Gasteiger partial charge in [-0.15, -0.1) is 0 Å². The van der Waals surface area contributed by atoms with Crippen molar-refractivity contribution in [3.05, 3.63) is 11.1 Å². The van der Waals surface area contributed by atoms with Crippen LogP contribution in [0.4, 0.5) is 0 Å². The summed E-state index contributed by atoms with van der Waals surface area (Å²) in [4.78, 5) is 0. The molecule has 1 unspecified atom stereocenters. The van der Waals surface area contributed by atoms with Gasteiger partial charge >= 0.3 is 0 Å². The van der Waals surface area contributed by atoms with E-state index in [1.54, 1.807) is 0 Å². The highest BCUT2D eigenvalue weighted by Crippen LogP contribution is 2.68. The first-order valence-electron chi connectivity index (χ1n) is 13.4. The quantitative estimate of drug-likeness (QED) is 0.450. The monoisotopic (exact) mass is 414 g/mol. The molecule has 4 rings (SSSR count). The van der Waals surface area contributed by atoms with Crippen LogP contribution < -0.4 is 0 Å². The Morgan fingerprint density at radius 3 is 2.33 bits per heavy atom. The molecule has 2 fully saturated rings. The second-order valence-corrected chi connectivity index (χ2v) is 13.4. The first-order valence-corrected chi connectivity index (χ1v) is 13.4. The van der Waals surface area contributed by atoms with E-state index in [2.05, 4.69) is 48.5 Å². The highest BCUT2D eigenvalue weighted by molar-refractivity contribution is 5.35. The molecule has 0 aromatic carbocycles. The maximum atomic E-state index is 10.8. The number of allylic oxidation sites excluding steroid dienone is 2. The van der Waals surface area contributed by atoms with Crippen molar-refractivity contribution in [3.63, 3.8) is 0 Å². The van der Waals surface area contributed by atoms with Crippen LogP contribution in [0.1, 0.15) is 119 Å². The molecule has 7 atom stereocenters. The average Bonchev–Trinajstić information content (AvgIpc) is 3.02. The summed E-state index contributed by atoms with van der Waals surface area (Å²) in [6, 6.07) is 0. The minimum Gasteiger partial charge on any atom is -0.393 e. The minimum absolute atomic E-state index is 0.0649. The van der Waals surface area contributed by atoms with Gasteiger partial charge in [0.1, 0.15) is 0 Å². The van der Waals surface area contributed by atoms with Crippen LogP contribution in [0.5, 0.6) is 0 Å². The zero-order chi connectivity index (χ0) is 21.9. The predicted octanol–water partition coefficient (Wildman–Crippen LogP) is 8.17. The molecule has 0 spiro atoms. The van der Waals surface area contributed by atoms with Crippen LogP contribution in [0.3, 0.4) is 0 Å². The average molecular weight is 415 g/mol. The third-order valence-electron chi connectivity index (χ3n) is 11.1. The maximum absolute atomic E-state index is 10.8. The molecule has 0 bridgehead atoms. The molecule has 0 radical (unpaired) electrons. The van der Waals surface area contributed by atoms with Crippen molar-refractivity contribution in [1.29, 1.82) is 0 Å². The first-order chi connectivity index (χ1) is 14.0. The summed E-state index contributed by atoms with van der Waals surface area (Å²) in [7, 11) is 0. The van der Waals surface area contributed by atoms with E-state index < -0.39 is 0 Å². The molecule has 30 heavy (non-hydrogen) atoms. The van der Waals surface area contributed by atoms with Crippen LogP contribution in [0.25, 0.3) is 0 Å². The largest absolute Gasteiger partial charge is 0.393 e. The smallest absolute Gasteiger partial charge is 0.0594 e. The molecule has 0 aromatic rings. The van der Waals surface area contributed by atoms with E-state index in [1.807, 2.05) is 11.1 Å². The highest BCUT2D eigenvalue weighted by Gasteiger charge is 2.59. The lowest BCUT2D eigenvalue weighted by Crippen LogP contribution is -2.53. The number of rotatable bonds is 5. The highest BCUT2D eigenvalue weighted by atomic mass is 16.3. The summed E-state index contributed by atoms with van der Waals surface area (Å²) < 4.78 is 0. The van der Waals surface area contributed by atoms with Crippen molar-refractivity contribution >= 4 is 0 Å². The predicted molar refractivity (Wildman–Crippen MR) is 128 cm³/mol. The Morgan fingerprint density at radius 1 is 0.900 bits per heavy atom. The lowest BCUT2D eigenvalue weighted by Gasteiger charge is -2.60. The molecule has 1 N–H and O–H groups in total. The molecule has 4 aliphatic rings. The van der Waals surface area contributed by atoms with Crippen molar-refractivity contribution < 1.29 is 5.11 Å². The van der Waals surface area contributed by atoms with Gasteiger partial charge in [-0.25, -0.2) is 0 Å². The Morgan fingerprint density at radius 2 is 1.63 bits per heavy atom. The van der Waals surface area contributed by atoms with Crippen molar-refractivity contribution in [2.75, 3.05) is 0 Å². The van der Waals surface area contributed by atoms with Gasteiger partial charge in [0, 0.05) is 0 Å². The molecule has 4 aliphatic carbocycles. The topological polar surface area (TPSA) is 20.2 Å². The lowest BCUT2D eigenvalue weighted by molar-refractivity contribution is -0.0931. The van der Waals surface area contributed by atoms with Crippen molar-refractivity contribution in [1.82, 2.24) is 0 Å². The van der Waals surface area contributed by atoms with Gasteiger partial charge in [-0.05, 0) is 97.2 Å². The van der Waals surface area contributed by atoms with E-state index in [1.165, 1.54) is 64.2 Å². The Balaban J connectivity index is 1.57. The Bertz CT molecular complexity index is 672. The number of aliphatic hydroxyl groups is 1. The summed E-state index contributed by atoms with van der Waals surface area (Å²) in [6.07, 6.45) is 14.6. The van der Waals surface area contributed by atoms with E-state index >= 15 is 0 Å². The van der Waals surface area contributed by atoms with Gasteiger partial charge in [0.05, 0.1) is 6.10 Å². The van der Waals surface area contributed by atoms with Crippen LogP contribution in [0.15, 0.2) is 11.1 Å². The van der Waals surface area contributed by atoms with Crippen molar-refractivity contribution in [2.45, 2.75) is 125 Å². The molecule has 0 saturated heterocycles. The van der Waals surface area contributed by atoms with E-state index in [9.17, 15) is 5.11 Å². The summed E-state index contributed by atoms with van der Waals surface area (Å²) >= 11 is 0. The SMILES string of the molecule is CC(C)CCCC(C)[C@H]1CC[C@H]2C3=C(CC[C@]12C)[C@@]1(C)CC[C@H](O)C(C)(C)[C@@H]1CC3. The van der Waals surface area contributed by atoms with E-state index in [-0.39, 0.29) is 11.5 Å². The second kappa shape index (κ2) is 7.93. The lowest BCUT2D eigenvalue weighted by atomic mass is 9.46. The zero-order valence-electron chi connectivity index (χ0n) is 21.2. The molecule has 1 heteroatoms. The van der Waals surface area contributed by atoms with Gasteiger partial charge in [-0.1, -0.05) is 78.9 Å². The molecule has 2 saturated carbocycles. The number of hydrogen-bond acceptors (Lipinski definition) is 1. The summed E-state index contributed by atoms with van der Waals surface area (Å²) in [5.41, 5.74) is 4.73. The van der Waals surface area contributed by atoms with E-state index in [0.29, 0.717) is 16.7 Å². The third kappa shape index (κ3) is 3.45. The molecule has 172 valence electrons. The van der Waals surface area contributed by atoms with Crippen molar-refractivity contribution in [2.24, 2.45) is 45.8 Å². The Labute approximate surface area is 187 Å². The Hall–Kier alpha value is -0.300. The van der Waals surface area contributed by atoms with Gasteiger partial charge in [0.2, 0.25) is 0 Å². The van der Waals surface area contributed by atoms with Crippen LogP contribution in [0, 0.1) is 45.8 Å². The van der Waals surface area contributed by atoms with Crippen LogP contribution in [-0.2, 0) is 0 Å². The standard InChI is InChI=1S/C29H50O/c1-19(2)9-8-10-20(3)22-12-13-23-21-11-14-25-27(4,5)26(30)16-18-29(25,7)24(21)15-17-28(22,23)6/h19-20,22-23,25-26,30H,8-18H2,1-7H3/t20?,22-,23+,25+,26+,28-,29-/m1/s1. The van der Waals surface area contributed by atoms with Crippen LogP contribution in [-0.4, -0.2) is 11.2 Å². The van der Waals surface area contributed by atoms with Gasteiger partial charge in [-0.2, -0.15) is 0 Å². The third-order valence-corrected chi connectivity index (χ3v) is 11.1. The maximum Gasteiger partial charge on any atom is 0.0594 e. The van der Waals surface area contributed by atoms with Gasteiger partial charge < -0.3 is 5.11 Å². The minimum atomic E-state index is -0.117. The molecule has 1 nitrogen and oxygen atoms in total. The molecule has 0 aromatic heterocycles. The summed E-state index contributed by atoms with van der Waals surface area (Å²) in [5, 5.41) is 10.8. The fraction of sp³-hybridized carbons (Fsp3) is 0.931. The normalized spacial score (nSPS) is 43.9. The van der Waals surface area contributed by atoms with Gasteiger partial charge in [-0.3, -0.25) is 0 Å². The van der Waals surface area contributed by atoms with E-state index in [4.69, 9.17) is 0 Å². The first kappa shape index (κ1) is 22.9.